The van der Waals surface area contributed by atoms with E-state index in [0.29, 0.717) is 25.6 Å². The lowest BCUT2D eigenvalue weighted by Crippen LogP contribution is -2.18. The maximum absolute atomic E-state index is 5.64. The first-order valence-corrected chi connectivity index (χ1v) is 10.2. The molecular formula is C22H20N8O2. The SMILES string of the molecule is C1=CC(N=Nc2ccc(/C=N/Nc3nnnn3-c3ccccc3)cc2)CC2=C1OCCO2. The highest BCUT2D eigenvalue weighted by Gasteiger charge is 2.21. The Morgan fingerprint density at radius 1 is 1.03 bits per heavy atom. The molecule has 1 atom stereocenters. The lowest BCUT2D eigenvalue weighted by molar-refractivity contribution is 0.0618. The van der Waals surface area contributed by atoms with Crippen LogP contribution in [0.1, 0.15) is 12.0 Å². The number of para-hydroxylation sites is 1. The Morgan fingerprint density at radius 2 is 1.88 bits per heavy atom. The van der Waals surface area contributed by atoms with Gasteiger partial charge in [-0.05, 0) is 46.3 Å². The van der Waals surface area contributed by atoms with Crippen molar-refractivity contribution in [2.75, 3.05) is 18.6 Å². The number of hydrogen-bond donors (Lipinski definition) is 1. The van der Waals surface area contributed by atoms with Crippen LogP contribution in [-0.2, 0) is 9.47 Å². The number of nitrogens with one attached hydrogen (secondary N) is 1. The minimum absolute atomic E-state index is 0.0588. The van der Waals surface area contributed by atoms with Gasteiger partial charge in [0, 0.05) is 6.42 Å². The molecule has 2 aliphatic rings. The van der Waals surface area contributed by atoms with E-state index in [0.717, 1.165) is 28.5 Å². The van der Waals surface area contributed by atoms with Crippen molar-refractivity contribution in [1.82, 2.24) is 20.2 Å². The fraction of sp³-hybridized carbons (Fsp3) is 0.182. The van der Waals surface area contributed by atoms with Gasteiger partial charge in [-0.3, -0.25) is 0 Å². The van der Waals surface area contributed by atoms with Crippen LogP contribution in [-0.4, -0.2) is 45.7 Å². The van der Waals surface area contributed by atoms with Crippen LogP contribution < -0.4 is 5.43 Å². The Bertz CT molecular complexity index is 1180. The number of allylic oxidation sites excluding steroid dienone is 1. The second-order valence-electron chi connectivity index (χ2n) is 7.04. The fourth-order valence-electron chi connectivity index (χ4n) is 3.24. The number of nitrogens with zero attached hydrogens (tertiary/aromatic N) is 7. The van der Waals surface area contributed by atoms with Crippen LogP contribution in [0.4, 0.5) is 11.6 Å². The quantitative estimate of drug-likeness (QED) is 0.363. The minimum atomic E-state index is -0.0588. The van der Waals surface area contributed by atoms with Crippen LogP contribution in [0.2, 0.25) is 0 Å². The van der Waals surface area contributed by atoms with Gasteiger partial charge in [0.15, 0.2) is 5.76 Å². The summed E-state index contributed by atoms with van der Waals surface area (Å²) < 4.78 is 12.8. The molecule has 1 unspecified atom stereocenters. The summed E-state index contributed by atoms with van der Waals surface area (Å²) in [5.41, 5.74) is 5.37. The minimum Gasteiger partial charge on any atom is -0.490 e. The van der Waals surface area contributed by atoms with Gasteiger partial charge in [-0.15, -0.1) is 0 Å². The molecule has 160 valence electrons. The summed E-state index contributed by atoms with van der Waals surface area (Å²) in [6, 6.07) is 17.1. The number of ether oxygens (including phenoxy) is 2. The third kappa shape index (κ3) is 4.53. The van der Waals surface area contributed by atoms with Gasteiger partial charge in [-0.2, -0.15) is 20.0 Å². The van der Waals surface area contributed by atoms with Crippen molar-refractivity contribution < 1.29 is 9.47 Å². The predicted octanol–water partition coefficient (Wildman–Crippen LogP) is 3.78. The first kappa shape index (κ1) is 19.6. The number of hydrazone groups is 1. The molecule has 1 aliphatic heterocycles. The topological polar surface area (TPSA) is 111 Å². The monoisotopic (exact) mass is 428 g/mol. The van der Waals surface area contributed by atoms with E-state index in [1.165, 1.54) is 0 Å². The normalized spacial score (nSPS) is 17.9. The smallest absolute Gasteiger partial charge is 0.268 e. The highest BCUT2D eigenvalue weighted by atomic mass is 16.6. The summed E-state index contributed by atoms with van der Waals surface area (Å²) in [7, 11) is 0. The third-order valence-corrected chi connectivity index (χ3v) is 4.82. The first-order chi connectivity index (χ1) is 15.8. The Balaban J connectivity index is 1.18. The van der Waals surface area contributed by atoms with E-state index in [4.69, 9.17) is 9.47 Å². The molecule has 1 aromatic heterocycles. The second-order valence-corrected chi connectivity index (χ2v) is 7.04. The molecule has 0 radical (unpaired) electrons. The highest BCUT2D eigenvalue weighted by Crippen LogP contribution is 2.26. The molecule has 3 aromatic rings. The highest BCUT2D eigenvalue weighted by molar-refractivity contribution is 5.80. The van der Waals surface area contributed by atoms with Crippen LogP contribution in [0.3, 0.4) is 0 Å². The third-order valence-electron chi connectivity index (χ3n) is 4.82. The number of hydrogen-bond acceptors (Lipinski definition) is 9. The van der Waals surface area contributed by atoms with E-state index >= 15 is 0 Å². The van der Waals surface area contributed by atoms with E-state index in [1.807, 2.05) is 66.7 Å². The number of aromatic nitrogens is 4. The molecule has 10 nitrogen and oxygen atoms in total. The number of tetrazole rings is 1. The zero-order valence-electron chi connectivity index (χ0n) is 17.1. The largest absolute Gasteiger partial charge is 0.490 e. The number of rotatable bonds is 6. The van der Waals surface area contributed by atoms with E-state index in [9.17, 15) is 0 Å². The zero-order chi connectivity index (χ0) is 21.6. The summed E-state index contributed by atoms with van der Waals surface area (Å²) in [6.45, 7) is 1.17. The average Bonchev–Trinajstić information content (AvgIpc) is 3.32. The van der Waals surface area contributed by atoms with Crippen LogP contribution >= 0.6 is 0 Å². The van der Waals surface area contributed by atoms with Gasteiger partial charge in [0.25, 0.3) is 5.95 Å². The molecule has 32 heavy (non-hydrogen) atoms. The fourth-order valence-corrected chi connectivity index (χ4v) is 3.24. The molecule has 0 saturated carbocycles. The number of anilines is 1. The molecule has 0 bridgehead atoms. The van der Waals surface area contributed by atoms with Crippen molar-refractivity contribution in [3.63, 3.8) is 0 Å². The second kappa shape index (κ2) is 9.21. The number of benzene rings is 2. The Hall–Kier alpha value is -4.34. The predicted molar refractivity (Wildman–Crippen MR) is 118 cm³/mol. The van der Waals surface area contributed by atoms with Crippen molar-refractivity contribution in [1.29, 1.82) is 0 Å². The standard InChI is InChI=1S/C22H20N8O2/c1-2-4-19(5-3-1)30-22(27-28-29-30)26-23-15-16-6-8-17(9-7-16)24-25-18-10-11-20-21(14-18)32-13-12-31-20/h1-11,15,18H,12-14H2,(H,26,27,29)/b23-15+,25-24?. The van der Waals surface area contributed by atoms with Crippen molar-refractivity contribution in [2.24, 2.45) is 15.3 Å². The molecule has 1 aliphatic carbocycles. The molecule has 0 saturated heterocycles. The van der Waals surface area contributed by atoms with Crippen molar-refractivity contribution >= 4 is 17.9 Å². The Labute approximate surface area is 184 Å². The van der Waals surface area contributed by atoms with Gasteiger partial charge in [0.2, 0.25) is 0 Å². The lowest BCUT2D eigenvalue weighted by atomic mass is 10.1. The van der Waals surface area contributed by atoms with Gasteiger partial charge >= 0.3 is 0 Å². The molecule has 0 amide bonds. The van der Waals surface area contributed by atoms with Crippen molar-refractivity contribution in [2.45, 2.75) is 12.5 Å². The Kier molecular flexibility index (Phi) is 5.64. The van der Waals surface area contributed by atoms with Gasteiger partial charge in [-0.1, -0.05) is 41.5 Å². The van der Waals surface area contributed by atoms with E-state index in [1.54, 1.807) is 10.9 Å². The van der Waals surface area contributed by atoms with Crippen LogP contribution in [0, 0.1) is 0 Å². The summed E-state index contributed by atoms with van der Waals surface area (Å²) in [6.07, 6.45) is 6.23. The maximum Gasteiger partial charge on any atom is 0.268 e. The first-order valence-electron chi connectivity index (χ1n) is 10.2. The van der Waals surface area contributed by atoms with Crippen LogP contribution in [0.15, 0.2) is 93.6 Å². The lowest BCUT2D eigenvalue weighted by Gasteiger charge is -2.24. The van der Waals surface area contributed by atoms with Gasteiger partial charge in [-0.25, -0.2) is 5.43 Å². The molecule has 2 aromatic carbocycles. The van der Waals surface area contributed by atoms with Crippen molar-refractivity contribution in [3.05, 3.63) is 83.8 Å². The van der Waals surface area contributed by atoms with Gasteiger partial charge < -0.3 is 9.47 Å². The maximum atomic E-state index is 5.64. The van der Waals surface area contributed by atoms with Gasteiger partial charge in [0.05, 0.1) is 23.6 Å². The average molecular weight is 428 g/mol. The van der Waals surface area contributed by atoms with E-state index < -0.39 is 0 Å². The summed E-state index contributed by atoms with van der Waals surface area (Å²) in [5, 5.41) is 24.6. The van der Waals surface area contributed by atoms with Gasteiger partial charge in [0.1, 0.15) is 19.0 Å². The van der Waals surface area contributed by atoms with Crippen LogP contribution in [0.5, 0.6) is 0 Å². The molecule has 1 N–H and O–H groups in total. The number of azo groups is 1. The molecule has 0 fully saturated rings. The zero-order valence-corrected chi connectivity index (χ0v) is 17.1. The van der Waals surface area contributed by atoms with E-state index in [-0.39, 0.29) is 6.04 Å². The summed E-state index contributed by atoms with van der Waals surface area (Å²) >= 11 is 0. The van der Waals surface area contributed by atoms with Crippen LogP contribution in [0.25, 0.3) is 5.69 Å². The molecule has 0 spiro atoms. The summed E-state index contributed by atoms with van der Waals surface area (Å²) in [4.78, 5) is 0. The summed E-state index contributed by atoms with van der Waals surface area (Å²) in [5.74, 6) is 2.07. The van der Waals surface area contributed by atoms with E-state index in [2.05, 4.69) is 36.3 Å². The molecular weight excluding hydrogens is 408 g/mol. The molecule has 2 heterocycles. The molecule has 5 rings (SSSR count). The Morgan fingerprint density at radius 3 is 2.75 bits per heavy atom. The molecule has 10 heteroatoms. The van der Waals surface area contributed by atoms with Crippen molar-refractivity contribution in [3.8, 4) is 5.69 Å².